The van der Waals surface area contributed by atoms with Crippen molar-refractivity contribution in [2.45, 2.75) is 37.8 Å². The minimum absolute atomic E-state index is 0.160. The Morgan fingerprint density at radius 1 is 1.03 bits per heavy atom. The molecule has 0 radical (unpaired) electrons. The van der Waals surface area contributed by atoms with Gasteiger partial charge in [0, 0.05) is 19.6 Å². The molecule has 7 nitrogen and oxygen atoms in total. The molecule has 0 saturated carbocycles. The van der Waals surface area contributed by atoms with Crippen LogP contribution in [0, 0.1) is 0 Å². The summed E-state index contributed by atoms with van der Waals surface area (Å²) in [5, 5.41) is 18.4. The van der Waals surface area contributed by atoms with Crippen molar-refractivity contribution in [3.8, 4) is 11.1 Å². The van der Waals surface area contributed by atoms with E-state index in [1.807, 2.05) is 12.1 Å². The maximum absolute atomic E-state index is 13.0. The van der Waals surface area contributed by atoms with E-state index < -0.39 is 16.3 Å². The Balaban J connectivity index is 1.66. The van der Waals surface area contributed by atoms with E-state index in [9.17, 15) is 13.5 Å². The Hall–Kier alpha value is -2.07. The molecule has 3 rings (SSSR count). The number of hydroxylamine groups is 1. The van der Waals surface area contributed by atoms with Crippen molar-refractivity contribution >= 4 is 10.0 Å². The SMILES string of the molecule is CCN(CC)CCc1ccc(-c2ccc(S(=O)(=O)N3CC=C(C(O)NO)CC3)cc2)cc1. The van der Waals surface area contributed by atoms with Crippen LogP contribution in [0.25, 0.3) is 11.1 Å². The second-order valence-corrected chi connectivity index (χ2v) is 9.86. The first-order valence-corrected chi connectivity index (χ1v) is 12.5. The lowest BCUT2D eigenvalue weighted by Crippen LogP contribution is -2.38. The van der Waals surface area contributed by atoms with Crippen LogP contribution in [0.2, 0.25) is 0 Å². The summed E-state index contributed by atoms with van der Waals surface area (Å²) in [6.45, 7) is 7.92. The summed E-state index contributed by atoms with van der Waals surface area (Å²) in [5.74, 6) is 0. The molecule has 1 atom stereocenters. The first-order valence-electron chi connectivity index (χ1n) is 11.1. The van der Waals surface area contributed by atoms with Gasteiger partial charge in [0.2, 0.25) is 10.0 Å². The summed E-state index contributed by atoms with van der Waals surface area (Å²) in [7, 11) is -3.62. The third-order valence-corrected chi connectivity index (χ3v) is 7.95. The number of benzene rings is 2. The van der Waals surface area contributed by atoms with Crippen LogP contribution in [0.15, 0.2) is 65.1 Å². The molecule has 0 amide bonds. The van der Waals surface area contributed by atoms with E-state index in [-0.39, 0.29) is 18.0 Å². The Morgan fingerprint density at radius 2 is 1.62 bits per heavy atom. The summed E-state index contributed by atoms with van der Waals surface area (Å²) >= 11 is 0. The van der Waals surface area contributed by atoms with Gasteiger partial charge in [-0.3, -0.25) is 0 Å². The average molecular weight is 460 g/mol. The van der Waals surface area contributed by atoms with Crippen LogP contribution in [0.3, 0.4) is 0 Å². The van der Waals surface area contributed by atoms with Gasteiger partial charge >= 0.3 is 0 Å². The monoisotopic (exact) mass is 459 g/mol. The van der Waals surface area contributed by atoms with E-state index in [4.69, 9.17) is 5.21 Å². The van der Waals surface area contributed by atoms with Crippen molar-refractivity contribution in [3.05, 3.63) is 65.7 Å². The van der Waals surface area contributed by atoms with Crippen LogP contribution in [0.1, 0.15) is 25.8 Å². The molecule has 2 aromatic carbocycles. The van der Waals surface area contributed by atoms with Gasteiger partial charge in [0.15, 0.2) is 0 Å². The molecule has 2 aromatic rings. The van der Waals surface area contributed by atoms with Crippen molar-refractivity contribution in [2.75, 3.05) is 32.7 Å². The number of likely N-dealkylation sites (N-methyl/N-ethyl adjacent to an activating group) is 1. The Kier molecular flexibility index (Phi) is 8.58. The molecule has 3 N–H and O–H groups in total. The predicted octanol–water partition coefficient (Wildman–Crippen LogP) is 2.86. The van der Waals surface area contributed by atoms with Gasteiger partial charge in [-0.05, 0) is 60.3 Å². The number of hydrogen-bond acceptors (Lipinski definition) is 6. The molecule has 0 aliphatic carbocycles. The second kappa shape index (κ2) is 11.2. The lowest BCUT2D eigenvalue weighted by molar-refractivity contribution is 0.0217. The van der Waals surface area contributed by atoms with Crippen LogP contribution in [-0.2, 0) is 16.4 Å². The minimum atomic E-state index is -3.62. The smallest absolute Gasteiger partial charge is 0.243 e. The van der Waals surface area contributed by atoms with Crippen molar-refractivity contribution < 1.29 is 18.7 Å². The highest BCUT2D eigenvalue weighted by molar-refractivity contribution is 7.89. The van der Waals surface area contributed by atoms with Crippen LogP contribution in [-0.4, -0.2) is 66.9 Å². The van der Waals surface area contributed by atoms with Gasteiger partial charge in [-0.25, -0.2) is 8.42 Å². The largest absolute Gasteiger partial charge is 0.373 e. The second-order valence-electron chi connectivity index (χ2n) is 7.92. The Bertz CT molecular complexity index is 1000. The normalized spacial score (nSPS) is 16.2. The van der Waals surface area contributed by atoms with Crippen molar-refractivity contribution in [1.29, 1.82) is 0 Å². The van der Waals surface area contributed by atoms with Gasteiger partial charge in [-0.2, -0.15) is 9.79 Å². The summed E-state index contributed by atoms with van der Waals surface area (Å²) in [6.07, 6.45) is 1.83. The predicted molar refractivity (Wildman–Crippen MR) is 126 cm³/mol. The zero-order chi connectivity index (χ0) is 23.1. The molecule has 1 heterocycles. The number of aliphatic hydroxyl groups is 1. The maximum Gasteiger partial charge on any atom is 0.243 e. The summed E-state index contributed by atoms with van der Waals surface area (Å²) in [4.78, 5) is 2.65. The van der Waals surface area contributed by atoms with Gasteiger partial charge < -0.3 is 15.2 Å². The highest BCUT2D eigenvalue weighted by atomic mass is 32.2. The molecule has 32 heavy (non-hydrogen) atoms. The molecule has 0 bridgehead atoms. The molecule has 1 aliphatic rings. The molecule has 0 spiro atoms. The number of hydrogen-bond donors (Lipinski definition) is 3. The number of sulfonamides is 1. The Labute approximate surface area is 191 Å². The molecule has 174 valence electrons. The summed E-state index contributed by atoms with van der Waals surface area (Å²) in [5.41, 5.74) is 5.67. The molecular weight excluding hydrogens is 426 g/mol. The summed E-state index contributed by atoms with van der Waals surface area (Å²) in [6, 6.07) is 15.4. The lowest BCUT2D eigenvalue weighted by Gasteiger charge is -2.27. The fourth-order valence-electron chi connectivity index (χ4n) is 3.88. The molecule has 0 fully saturated rings. The minimum Gasteiger partial charge on any atom is -0.373 e. The molecule has 1 unspecified atom stereocenters. The van der Waals surface area contributed by atoms with Gasteiger partial charge in [0.25, 0.3) is 0 Å². The number of rotatable bonds is 10. The van der Waals surface area contributed by atoms with Crippen molar-refractivity contribution in [3.63, 3.8) is 0 Å². The van der Waals surface area contributed by atoms with Crippen molar-refractivity contribution in [2.24, 2.45) is 0 Å². The van der Waals surface area contributed by atoms with Gasteiger partial charge in [0.05, 0.1) is 4.90 Å². The first-order chi connectivity index (χ1) is 15.4. The van der Waals surface area contributed by atoms with E-state index in [1.54, 1.807) is 23.7 Å². The average Bonchev–Trinajstić information content (AvgIpc) is 2.84. The topological polar surface area (TPSA) is 93.1 Å². The molecule has 8 heteroatoms. The molecular formula is C24H33N3O4S. The third kappa shape index (κ3) is 5.83. The van der Waals surface area contributed by atoms with Crippen LogP contribution >= 0.6 is 0 Å². The van der Waals surface area contributed by atoms with E-state index in [2.05, 4.69) is 43.0 Å². The highest BCUT2D eigenvalue weighted by Gasteiger charge is 2.27. The summed E-state index contributed by atoms with van der Waals surface area (Å²) < 4.78 is 27.3. The highest BCUT2D eigenvalue weighted by Crippen LogP contribution is 2.25. The standard InChI is InChI=1S/C24H33N3O4S/c1-3-26(4-2)16-13-19-5-7-20(8-6-19)21-9-11-23(12-10-21)32(30,31)27-17-14-22(15-18-27)24(28)25-29/h5-12,14,24-25,28-29H,3-4,13,15-18H2,1-2H3. The van der Waals surface area contributed by atoms with E-state index in [0.717, 1.165) is 37.2 Å². The fraction of sp³-hybridized carbons (Fsp3) is 0.417. The maximum atomic E-state index is 13.0. The molecule has 1 aliphatic heterocycles. The Morgan fingerprint density at radius 3 is 2.12 bits per heavy atom. The zero-order valence-electron chi connectivity index (χ0n) is 18.7. The van der Waals surface area contributed by atoms with E-state index in [0.29, 0.717) is 12.0 Å². The van der Waals surface area contributed by atoms with E-state index >= 15 is 0 Å². The third-order valence-electron chi connectivity index (χ3n) is 6.07. The van der Waals surface area contributed by atoms with Crippen LogP contribution in [0.5, 0.6) is 0 Å². The van der Waals surface area contributed by atoms with Crippen LogP contribution < -0.4 is 5.48 Å². The van der Waals surface area contributed by atoms with Crippen molar-refractivity contribution in [1.82, 2.24) is 14.7 Å². The van der Waals surface area contributed by atoms with Gasteiger partial charge in [-0.15, -0.1) is 0 Å². The lowest BCUT2D eigenvalue weighted by atomic mass is 10.0. The van der Waals surface area contributed by atoms with E-state index in [1.165, 1.54) is 9.87 Å². The zero-order valence-corrected chi connectivity index (χ0v) is 19.6. The molecule has 0 aromatic heterocycles. The number of nitrogens with one attached hydrogen (secondary N) is 1. The fourth-order valence-corrected chi connectivity index (χ4v) is 5.26. The number of nitrogens with zero attached hydrogens (tertiary/aromatic N) is 2. The van der Waals surface area contributed by atoms with Gasteiger partial charge in [-0.1, -0.05) is 56.3 Å². The van der Waals surface area contributed by atoms with Crippen LogP contribution in [0.4, 0.5) is 0 Å². The molecule has 0 saturated heterocycles. The van der Waals surface area contributed by atoms with Gasteiger partial charge in [0.1, 0.15) is 6.23 Å². The quantitative estimate of drug-likeness (QED) is 0.287. The number of aliphatic hydroxyl groups excluding tert-OH is 1. The first kappa shape index (κ1) is 24.6.